The molecule has 0 fully saturated rings. The fourth-order valence-corrected chi connectivity index (χ4v) is 2.31. The van der Waals surface area contributed by atoms with Crippen molar-refractivity contribution in [2.45, 2.75) is 6.04 Å². The molecule has 0 aliphatic heterocycles. The molecule has 2 heterocycles. The van der Waals surface area contributed by atoms with Crippen LogP contribution in [-0.2, 0) is 7.05 Å². The van der Waals surface area contributed by atoms with Gasteiger partial charge in [0, 0.05) is 13.2 Å². The summed E-state index contributed by atoms with van der Waals surface area (Å²) < 4.78 is 2.28. The normalized spacial score (nSPS) is 12.7. The minimum atomic E-state index is -0.259. The van der Waals surface area contributed by atoms with Gasteiger partial charge in [0.1, 0.15) is 5.15 Å². The van der Waals surface area contributed by atoms with Crippen LogP contribution in [0.25, 0.3) is 0 Å². The van der Waals surface area contributed by atoms with Crippen molar-refractivity contribution in [3.05, 3.63) is 39.3 Å². The van der Waals surface area contributed by atoms with Crippen LogP contribution in [0.2, 0.25) is 5.15 Å². The molecule has 17 heavy (non-hydrogen) atoms. The van der Waals surface area contributed by atoms with Gasteiger partial charge < -0.3 is 0 Å². The van der Waals surface area contributed by atoms with Crippen molar-refractivity contribution in [3.8, 4) is 0 Å². The van der Waals surface area contributed by atoms with E-state index in [4.69, 9.17) is 17.4 Å². The largest absolute Gasteiger partial charge is 0.271 e. The van der Waals surface area contributed by atoms with Gasteiger partial charge in [0.25, 0.3) is 0 Å². The second-order valence-corrected chi connectivity index (χ2v) is 4.54. The molecule has 0 saturated heterocycles. The number of aromatic nitrogens is 4. The molecule has 1 atom stereocenters. The molecule has 90 valence electrons. The summed E-state index contributed by atoms with van der Waals surface area (Å²) >= 11 is 9.19. The van der Waals surface area contributed by atoms with E-state index in [0.717, 1.165) is 11.3 Å². The van der Waals surface area contributed by atoms with Gasteiger partial charge in [0.05, 0.1) is 11.7 Å². The summed E-state index contributed by atoms with van der Waals surface area (Å²) in [6.45, 7) is 0. The van der Waals surface area contributed by atoms with Crippen molar-refractivity contribution in [1.29, 1.82) is 0 Å². The predicted octanol–water partition coefficient (Wildman–Crippen LogP) is 1.18. The van der Waals surface area contributed by atoms with E-state index in [1.165, 1.54) is 0 Å². The summed E-state index contributed by atoms with van der Waals surface area (Å²) in [5.74, 6) is 5.58. The van der Waals surface area contributed by atoms with Crippen LogP contribution in [0, 0.1) is 0 Å². The van der Waals surface area contributed by atoms with Crippen molar-refractivity contribution >= 4 is 27.5 Å². The molecule has 1 unspecified atom stereocenters. The molecule has 2 rings (SSSR count). The highest BCUT2D eigenvalue weighted by atomic mass is 79.9. The molecule has 0 saturated carbocycles. The number of nitrogens with zero attached hydrogens (tertiary/aromatic N) is 4. The van der Waals surface area contributed by atoms with Gasteiger partial charge in [-0.05, 0) is 33.6 Å². The monoisotopic (exact) mass is 316 g/mol. The zero-order valence-corrected chi connectivity index (χ0v) is 11.3. The third-order valence-electron chi connectivity index (χ3n) is 2.35. The van der Waals surface area contributed by atoms with Crippen molar-refractivity contribution in [1.82, 2.24) is 25.4 Å². The first-order valence-electron chi connectivity index (χ1n) is 4.76. The van der Waals surface area contributed by atoms with E-state index in [1.54, 1.807) is 24.0 Å². The van der Waals surface area contributed by atoms with E-state index in [1.807, 2.05) is 6.07 Å². The summed E-state index contributed by atoms with van der Waals surface area (Å²) in [6, 6.07) is 3.31. The smallest absolute Gasteiger partial charge is 0.153 e. The number of pyridine rings is 1. The Labute approximate surface area is 111 Å². The number of nitrogens with one attached hydrogen (secondary N) is 1. The molecule has 0 aromatic carbocycles. The van der Waals surface area contributed by atoms with Gasteiger partial charge >= 0.3 is 0 Å². The Balaban J connectivity index is 2.47. The van der Waals surface area contributed by atoms with E-state index in [-0.39, 0.29) is 6.04 Å². The van der Waals surface area contributed by atoms with E-state index in [9.17, 15) is 0 Å². The van der Waals surface area contributed by atoms with Crippen LogP contribution in [0.1, 0.15) is 17.3 Å². The van der Waals surface area contributed by atoms with Crippen LogP contribution in [0.4, 0.5) is 0 Å². The second kappa shape index (κ2) is 5.09. The third-order valence-corrected chi connectivity index (χ3v) is 3.12. The zero-order valence-electron chi connectivity index (χ0n) is 8.93. The first-order valence-corrected chi connectivity index (χ1v) is 5.93. The maximum Gasteiger partial charge on any atom is 0.153 e. The summed E-state index contributed by atoms with van der Waals surface area (Å²) in [5, 5.41) is 8.24. The van der Waals surface area contributed by atoms with Crippen LogP contribution in [-0.4, -0.2) is 20.0 Å². The van der Waals surface area contributed by atoms with Crippen molar-refractivity contribution in [2.75, 3.05) is 0 Å². The lowest BCUT2D eigenvalue weighted by molar-refractivity contribution is 0.569. The van der Waals surface area contributed by atoms with E-state index >= 15 is 0 Å². The van der Waals surface area contributed by atoms with Crippen LogP contribution < -0.4 is 11.3 Å². The average molecular weight is 318 g/mol. The first kappa shape index (κ1) is 12.4. The average Bonchev–Trinajstić information content (AvgIpc) is 2.62. The number of hydrogen-bond acceptors (Lipinski definition) is 5. The number of nitrogens with two attached hydrogens (primary N) is 1. The summed E-state index contributed by atoms with van der Waals surface area (Å²) in [6.07, 6.45) is 1.62. The summed E-state index contributed by atoms with van der Waals surface area (Å²) in [5.41, 5.74) is 4.41. The molecule has 0 aliphatic carbocycles. The lowest BCUT2D eigenvalue weighted by Gasteiger charge is -2.16. The predicted molar refractivity (Wildman–Crippen MR) is 67.1 cm³/mol. The SMILES string of the molecule is Cn1nnc(Br)c1C(NN)c1ccnc(Cl)c1. The van der Waals surface area contributed by atoms with E-state index in [0.29, 0.717) is 9.76 Å². The van der Waals surface area contributed by atoms with Gasteiger partial charge in [0.15, 0.2) is 4.60 Å². The lowest BCUT2D eigenvalue weighted by Crippen LogP contribution is -2.30. The second-order valence-electron chi connectivity index (χ2n) is 3.40. The van der Waals surface area contributed by atoms with Gasteiger partial charge in [-0.2, -0.15) is 0 Å². The minimum absolute atomic E-state index is 0.259. The van der Waals surface area contributed by atoms with Gasteiger partial charge in [-0.15, -0.1) is 5.10 Å². The van der Waals surface area contributed by atoms with Gasteiger partial charge in [-0.1, -0.05) is 16.8 Å². The number of rotatable bonds is 3. The van der Waals surface area contributed by atoms with Crippen LogP contribution in [0.3, 0.4) is 0 Å². The Bertz CT molecular complexity index is 508. The van der Waals surface area contributed by atoms with E-state index < -0.39 is 0 Å². The quantitative estimate of drug-likeness (QED) is 0.505. The summed E-state index contributed by atoms with van der Waals surface area (Å²) in [4.78, 5) is 3.93. The van der Waals surface area contributed by atoms with Gasteiger partial charge in [-0.3, -0.25) is 5.84 Å². The molecule has 0 radical (unpaired) electrons. The van der Waals surface area contributed by atoms with Crippen molar-refractivity contribution in [2.24, 2.45) is 12.9 Å². The fourth-order valence-electron chi connectivity index (χ4n) is 1.58. The Morgan fingerprint density at radius 3 is 2.88 bits per heavy atom. The van der Waals surface area contributed by atoms with Gasteiger partial charge in [-0.25, -0.2) is 15.1 Å². The molecule has 0 spiro atoms. The highest BCUT2D eigenvalue weighted by Gasteiger charge is 2.21. The number of halogens is 2. The molecule has 0 aliphatic rings. The summed E-state index contributed by atoms with van der Waals surface area (Å²) in [7, 11) is 1.79. The third kappa shape index (κ3) is 2.47. The highest BCUT2D eigenvalue weighted by molar-refractivity contribution is 9.10. The molecule has 8 heteroatoms. The molecule has 6 nitrogen and oxygen atoms in total. The Morgan fingerprint density at radius 2 is 2.35 bits per heavy atom. The van der Waals surface area contributed by atoms with Crippen molar-refractivity contribution in [3.63, 3.8) is 0 Å². The standard InChI is InChI=1S/C9H10BrClN6/c1-17-8(9(10)15-16-17)7(14-12)5-2-3-13-6(11)4-5/h2-4,7,14H,12H2,1H3. The Morgan fingerprint density at radius 1 is 1.59 bits per heavy atom. The molecule has 0 bridgehead atoms. The molecule has 0 amide bonds. The lowest BCUT2D eigenvalue weighted by atomic mass is 10.1. The van der Waals surface area contributed by atoms with Crippen LogP contribution in [0.5, 0.6) is 0 Å². The fraction of sp³-hybridized carbons (Fsp3) is 0.222. The number of aryl methyl sites for hydroxylation is 1. The van der Waals surface area contributed by atoms with Crippen LogP contribution >= 0.6 is 27.5 Å². The molecular formula is C9H10BrClN6. The first-order chi connectivity index (χ1) is 8.13. The number of hydrazine groups is 1. The maximum atomic E-state index is 5.86. The van der Waals surface area contributed by atoms with Crippen LogP contribution in [0.15, 0.2) is 22.9 Å². The molecular weight excluding hydrogens is 307 g/mol. The van der Waals surface area contributed by atoms with Gasteiger partial charge in [0.2, 0.25) is 0 Å². The Kier molecular flexibility index (Phi) is 3.72. The maximum absolute atomic E-state index is 5.86. The highest BCUT2D eigenvalue weighted by Crippen LogP contribution is 2.26. The number of hydrogen-bond donors (Lipinski definition) is 2. The zero-order chi connectivity index (χ0) is 12.4. The molecule has 3 N–H and O–H groups in total. The Hall–Kier alpha value is -1.02. The molecule has 2 aromatic heterocycles. The van der Waals surface area contributed by atoms with E-state index in [2.05, 4.69) is 36.7 Å². The molecule has 2 aromatic rings. The van der Waals surface area contributed by atoms with Crippen molar-refractivity contribution < 1.29 is 0 Å². The topological polar surface area (TPSA) is 81.7 Å². The minimum Gasteiger partial charge on any atom is -0.271 e.